The van der Waals surface area contributed by atoms with Gasteiger partial charge in [-0.2, -0.15) is 0 Å². The molecule has 0 spiro atoms. The van der Waals surface area contributed by atoms with Crippen molar-refractivity contribution in [2.75, 3.05) is 18.9 Å². The number of carbonyl (C=O) groups is 1. The first-order valence-electron chi connectivity index (χ1n) is 3.71. The minimum atomic E-state index is 0.0707. The molecular formula is C8H9Br2NOS. The van der Waals surface area contributed by atoms with E-state index in [1.165, 1.54) is 11.3 Å². The Hall–Kier alpha value is 0.130. The van der Waals surface area contributed by atoms with Crippen molar-refractivity contribution in [3.63, 3.8) is 0 Å². The zero-order valence-corrected chi connectivity index (χ0v) is 11.1. The SMILES string of the molecule is CN(CCBr)C(=O)c1sccc1Br. The summed E-state index contributed by atoms with van der Waals surface area (Å²) in [5, 5.41) is 2.71. The van der Waals surface area contributed by atoms with Gasteiger partial charge in [0.05, 0.1) is 0 Å². The second kappa shape index (κ2) is 5.12. The van der Waals surface area contributed by atoms with Gasteiger partial charge in [-0.25, -0.2) is 0 Å². The van der Waals surface area contributed by atoms with Crippen LogP contribution in [-0.2, 0) is 0 Å². The summed E-state index contributed by atoms with van der Waals surface area (Å²) in [6.45, 7) is 0.725. The van der Waals surface area contributed by atoms with E-state index in [0.29, 0.717) is 0 Å². The van der Waals surface area contributed by atoms with Crippen molar-refractivity contribution < 1.29 is 4.79 Å². The van der Waals surface area contributed by atoms with E-state index < -0.39 is 0 Å². The highest BCUT2D eigenvalue weighted by molar-refractivity contribution is 9.10. The molecule has 0 N–H and O–H groups in total. The summed E-state index contributed by atoms with van der Waals surface area (Å²) in [7, 11) is 1.80. The molecule has 1 aromatic heterocycles. The maximum absolute atomic E-state index is 11.7. The predicted octanol–water partition coefficient (Wildman–Crippen LogP) is 2.98. The summed E-state index contributed by atoms with van der Waals surface area (Å²) >= 11 is 8.09. The number of carbonyl (C=O) groups excluding carboxylic acids is 1. The summed E-state index contributed by atoms with van der Waals surface area (Å²) in [6, 6.07) is 1.89. The molecule has 0 fully saturated rings. The maximum atomic E-state index is 11.7. The number of nitrogens with zero attached hydrogens (tertiary/aromatic N) is 1. The molecule has 5 heteroatoms. The van der Waals surface area contributed by atoms with Crippen molar-refractivity contribution >= 4 is 49.1 Å². The minimum absolute atomic E-state index is 0.0707. The highest BCUT2D eigenvalue weighted by Gasteiger charge is 2.15. The molecule has 72 valence electrons. The number of thiophene rings is 1. The van der Waals surface area contributed by atoms with E-state index in [4.69, 9.17) is 0 Å². The molecule has 0 radical (unpaired) electrons. The second-order valence-electron chi connectivity index (χ2n) is 2.51. The fourth-order valence-corrected chi connectivity index (χ4v) is 2.91. The molecule has 0 bridgehead atoms. The third-order valence-electron chi connectivity index (χ3n) is 1.58. The Morgan fingerprint density at radius 1 is 1.69 bits per heavy atom. The van der Waals surface area contributed by atoms with Gasteiger partial charge >= 0.3 is 0 Å². The summed E-state index contributed by atoms with van der Waals surface area (Å²) in [5.41, 5.74) is 0. The number of rotatable bonds is 3. The zero-order valence-electron chi connectivity index (χ0n) is 7.09. The van der Waals surface area contributed by atoms with E-state index >= 15 is 0 Å². The van der Waals surface area contributed by atoms with Crippen LogP contribution in [0.2, 0.25) is 0 Å². The van der Waals surface area contributed by atoms with E-state index in [1.807, 2.05) is 11.4 Å². The van der Waals surface area contributed by atoms with Crippen LogP contribution in [0, 0.1) is 0 Å². The topological polar surface area (TPSA) is 20.3 Å². The van der Waals surface area contributed by atoms with Crippen LogP contribution < -0.4 is 0 Å². The van der Waals surface area contributed by atoms with Gasteiger partial charge in [-0.15, -0.1) is 11.3 Å². The van der Waals surface area contributed by atoms with Crippen LogP contribution in [0.5, 0.6) is 0 Å². The lowest BCUT2D eigenvalue weighted by Crippen LogP contribution is -2.27. The lowest BCUT2D eigenvalue weighted by molar-refractivity contribution is 0.0808. The van der Waals surface area contributed by atoms with Gasteiger partial charge in [-0.1, -0.05) is 15.9 Å². The second-order valence-corrected chi connectivity index (χ2v) is 5.08. The molecule has 0 aliphatic rings. The summed E-state index contributed by atoms with van der Waals surface area (Å²) in [4.78, 5) is 14.2. The molecule has 1 aromatic rings. The van der Waals surface area contributed by atoms with Gasteiger partial charge in [0.1, 0.15) is 4.88 Å². The molecule has 0 unspecified atom stereocenters. The van der Waals surface area contributed by atoms with E-state index in [0.717, 1.165) is 21.2 Å². The van der Waals surface area contributed by atoms with E-state index in [9.17, 15) is 4.79 Å². The number of amides is 1. The molecular weight excluding hydrogens is 318 g/mol. The molecule has 0 saturated heterocycles. The highest BCUT2D eigenvalue weighted by atomic mass is 79.9. The van der Waals surface area contributed by atoms with Crippen LogP contribution in [0.15, 0.2) is 15.9 Å². The van der Waals surface area contributed by atoms with E-state index in [2.05, 4.69) is 31.9 Å². The third kappa shape index (κ3) is 2.79. The van der Waals surface area contributed by atoms with Crippen molar-refractivity contribution in [1.82, 2.24) is 4.90 Å². The number of alkyl halides is 1. The van der Waals surface area contributed by atoms with Crippen molar-refractivity contribution in [2.45, 2.75) is 0 Å². The van der Waals surface area contributed by atoms with Crippen LogP contribution in [0.4, 0.5) is 0 Å². The Labute approximate surface area is 98.2 Å². The first-order chi connectivity index (χ1) is 6.16. The highest BCUT2D eigenvalue weighted by Crippen LogP contribution is 2.23. The first-order valence-corrected chi connectivity index (χ1v) is 6.50. The third-order valence-corrected chi connectivity index (χ3v) is 3.76. The van der Waals surface area contributed by atoms with Crippen LogP contribution in [0.3, 0.4) is 0 Å². The summed E-state index contributed by atoms with van der Waals surface area (Å²) in [5.74, 6) is 0.0707. The molecule has 1 rings (SSSR count). The molecule has 0 aliphatic heterocycles. The Kier molecular flexibility index (Phi) is 4.41. The van der Waals surface area contributed by atoms with Crippen molar-refractivity contribution in [3.8, 4) is 0 Å². The van der Waals surface area contributed by atoms with Crippen molar-refractivity contribution in [1.29, 1.82) is 0 Å². The molecule has 13 heavy (non-hydrogen) atoms. The Morgan fingerprint density at radius 2 is 2.38 bits per heavy atom. The number of hydrogen-bond donors (Lipinski definition) is 0. The van der Waals surface area contributed by atoms with E-state index in [1.54, 1.807) is 11.9 Å². The van der Waals surface area contributed by atoms with Gasteiger partial charge in [-0.3, -0.25) is 4.79 Å². The van der Waals surface area contributed by atoms with Crippen LogP contribution in [0.1, 0.15) is 9.67 Å². The first kappa shape index (κ1) is 11.2. The maximum Gasteiger partial charge on any atom is 0.264 e. The predicted molar refractivity (Wildman–Crippen MR) is 62.8 cm³/mol. The molecule has 0 aromatic carbocycles. The summed E-state index contributed by atoms with van der Waals surface area (Å²) in [6.07, 6.45) is 0. The molecule has 1 heterocycles. The van der Waals surface area contributed by atoms with Gasteiger partial charge in [-0.05, 0) is 27.4 Å². The minimum Gasteiger partial charge on any atom is -0.340 e. The smallest absolute Gasteiger partial charge is 0.264 e. The lowest BCUT2D eigenvalue weighted by atomic mass is 10.4. The standard InChI is InChI=1S/C8H9Br2NOS/c1-11(4-3-9)8(12)7-6(10)2-5-13-7/h2,5H,3-4H2,1H3. The van der Waals surface area contributed by atoms with Gasteiger partial charge in [0.25, 0.3) is 5.91 Å². The Bertz CT molecular complexity index is 300. The average Bonchev–Trinajstić information content (AvgIpc) is 2.50. The van der Waals surface area contributed by atoms with Crippen molar-refractivity contribution in [3.05, 3.63) is 20.8 Å². The molecule has 0 aliphatic carbocycles. The van der Waals surface area contributed by atoms with Gasteiger partial charge in [0.15, 0.2) is 0 Å². The van der Waals surface area contributed by atoms with Gasteiger partial charge in [0.2, 0.25) is 0 Å². The number of hydrogen-bond acceptors (Lipinski definition) is 2. The molecule has 0 atom stereocenters. The molecule has 1 amide bonds. The Morgan fingerprint density at radius 3 is 2.85 bits per heavy atom. The average molecular weight is 327 g/mol. The fraction of sp³-hybridized carbons (Fsp3) is 0.375. The molecule has 2 nitrogen and oxygen atoms in total. The Balaban J connectivity index is 2.73. The van der Waals surface area contributed by atoms with Crippen LogP contribution in [0.25, 0.3) is 0 Å². The number of halogens is 2. The fourth-order valence-electron chi connectivity index (χ4n) is 0.848. The molecule has 0 saturated carbocycles. The van der Waals surface area contributed by atoms with Gasteiger partial charge in [0, 0.05) is 23.4 Å². The normalized spacial score (nSPS) is 10.1. The van der Waals surface area contributed by atoms with Crippen molar-refractivity contribution in [2.24, 2.45) is 0 Å². The summed E-state index contributed by atoms with van der Waals surface area (Å²) < 4.78 is 0.879. The zero-order chi connectivity index (χ0) is 9.84. The van der Waals surface area contributed by atoms with Crippen LogP contribution >= 0.6 is 43.2 Å². The van der Waals surface area contributed by atoms with E-state index in [-0.39, 0.29) is 5.91 Å². The lowest BCUT2D eigenvalue weighted by Gasteiger charge is -2.14. The quantitative estimate of drug-likeness (QED) is 0.782. The van der Waals surface area contributed by atoms with Gasteiger partial charge < -0.3 is 4.90 Å². The monoisotopic (exact) mass is 325 g/mol. The van der Waals surface area contributed by atoms with Crippen LogP contribution in [-0.4, -0.2) is 29.7 Å². The largest absolute Gasteiger partial charge is 0.340 e.